The van der Waals surface area contributed by atoms with Crippen molar-refractivity contribution < 1.29 is 4.48 Å². The topological polar surface area (TPSA) is 26.0 Å². The predicted molar refractivity (Wildman–Crippen MR) is 80.2 cm³/mol. The van der Waals surface area contributed by atoms with Crippen molar-refractivity contribution in [3.8, 4) is 0 Å². The van der Waals surface area contributed by atoms with Crippen LogP contribution in [0.15, 0.2) is 0 Å². The highest BCUT2D eigenvalue weighted by atomic mass is 15.3. The second kappa shape index (κ2) is 12.4. The summed E-state index contributed by atoms with van der Waals surface area (Å²) in [7, 11) is 4.61. The molecule has 0 aliphatic rings. The van der Waals surface area contributed by atoms with Crippen molar-refractivity contribution in [3.63, 3.8) is 0 Å². The first-order valence-electron chi connectivity index (χ1n) is 7.37. The molecule has 2 nitrogen and oxygen atoms in total. The molecule has 0 radical (unpaired) electrons. The van der Waals surface area contributed by atoms with Gasteiger partial charge < -0.3 is 10.2 Å². The second-order valence-corrected chi connectivity index (χ2v) is 6.32. The Kier molecular flexibility index (Phi) is 14.0. The predicted octanol–water partition coefficient (Wildman–Crippen LogP) is 3.65. The lowest BCUT2D eigenvalue weighted by molar-refractivity contribution is -0.890. The summed E-state index contributed by atoms with van der Waals surface area (Å²) in [5.41, 5.74) is 5.50. The van der Waals surface area contributed by atoms with Crippen LogP contribution in [0.5, 0.6) is 0 Å². The number of quaternary nitrogens is 1. The molecule has 0 atom stereocenters. The van der Waals surface area contributed by atoms with Crippen LogP contribution in [0.1, 0.15) is 59.8 Å². The number of unbranched alkanes of at least 4 members (excludes halogenated alkanes) is 3. The standard InChI is InChI=1S/C11H27N2.C4H10/c1-4-5-6-7-10-13(2,3)11-8-9-12;1-4(2)3/h4-12H2,1-3H3;4H,1-3H3/q+1;. The summed E-state index contributed by atoms with van der Waals surface area (Å²) in [6.45, 7) is 12.1. The molecular formula is C15H37N2+. The van der Waals surface area contributed by atoms with E-state index >= 15 is 0 Å². The molecule has 0 aromatic carbocycles. The van der Waals surface area contributed by atoms with E-state index in [-0.39, 0.29) is 0 Å². The lowest BCUT2D eigenvalue weighted by Crippen LogP contribution is -2.41. The maximum atomic E-state index is 5.50. The van der Waals surface area contributed by atoms with Gasteiger partial charge in [0, 0.05) is 6.42 Å². The van der Waals surface area contributed by atoms with Crippen LogP contribution >= 0.6 is 0 Å². The van der Waals surface area contributed by atoms with Crippen LogP contribution in [0.4, 0.5) is 0 Å². The number of hydrogen-bond acceptors (Lipinski definition) is 1. The molecule has 2 heteroatoms. The fourth-order valence-electron chi connectivity index (χ4n) is 1.60. The third-order valence-corrected chi connectivity index (χ3v) is 2.58. The number of nitrogens with two attached hydrogens (primary N) is 1. The van der Waals surface area contributed by atoms with Gasteiger partial charge >= 0.3 is 0 Å². The van der Waals surface area contributed by atoms with Crippen molar-refractivity contribution in [2.75, 3.05) is 33.7 Å². The first-order valence-corrected chi connectivity index (χ1v) is 7.37. The zero-order valence-electron chi connectivity index (χ0n) is 13.3. The van der Waals surface area contributed by atoms with Gasteiger partial charge in [-0.25, -0.2) is 0 Å². The minimum atomic E-state index is 0.830. The van der Waals surface area contributed by atoms with E-state index in [1.807, 2.05) is 0 Å². The van der Waals surface area contributed by atoms with Gasteiger partial charge in [0.1, 0.15) is 0 Å². The SMILES string of the molecule is CC(C)C.CCCCCC[N+](C)(C)CCCN. The Bertz CT molecular complexity index is 139. The molecule has 17 heavy (non-hydrogen) atoms. The summed E-state index contributed by atoms with van der Waals surface area (Å²) in [5, 5.41) is 0. The lowest BCUT2D eigenvalue weighted by Gasteiger charge is -2.29. The zero-order valence-corrected chi connectivity index (χ0v) is 13.3. The minimum Gasteiger partial charge on any atom is -0.330 e. The average molecular weight is 245 g/mol. The molecule has 0 aliphatic heterocycles. The normalized spacial score (nSPS) is 11.3. The average Bonchev–Trinajstić information content (AvgIpc) is 2.21. The van der Waals surface area contributed by atoms with Crippen LogP contribution in [0, 0.1) is 5.92 Å². The highest BCUT2D eigenvalue weighted by molar-refractivity contribution is 4.42. The number of rotatable bonds is 8. The highest BCUT2D eigenvalue weighted by Gasteiger charge is 2.12. The van der Waals surface area contributed by atoms with Crippen molar-refractivity contribution in [2.24, 2.45) is 11.7 Å². The molecule has 0 aromatic rings. The van der Waals surface area contributed by atoms with Gasteiger partial charge in [0.05, 0.1) is 27.2 Å². The van der Waals surface area contributed by atoms with Gasteiger partial charge in [-0.15, -0.1) is 0 Å². The monoisotopic (exact) mass is 245 g/mol. The molecule has 0 unspecified atom stereocenters. The first-order chi connectivity index (χ1) is 7.85. The molecule has 0 saturated heterocycles. The van der Waals surface area contributed by atoms with Gasteiger partial charge in [-0.1, -0.05) is 40.5 Å². The Morgan fingerprint density at radius 3 is 1.76 bits per heavy atom. The molecule has 2 N–H and O–H groups in total. The summed E-state index contributed by atoms with van der Waals surface area (Å²) >= 11 is 0. The van der Waals surface area contributed by atoms with Crippen molar-refractivity contribution in [1.82, 2.24) is 0 Å². The summed E-state index contributed by atoms with van der Waals surface area (Å²) in [6, 6.07) is 0. The minimum absolute atomic E-state index is 0.830. The van der Waals surface area contributed by atoms with Crippen molar-refractivity contribution >= 4 is 0 Å². The van der Waals surface area contributed by atoms with E-state index < -0.39 is 0 Å². The maximum absolute atomic E-state index is 5.50. The Balaban J connectivity index is 0. The van der Waals surface area contributed by atoms with E-state index in [9.17, 15) is 0 Å². The fraction of sp³-hybridized carbons (Fsp3) is 1.00. The van der Waals surface area contributed by atoms with Crippen molar-refractivity contribution in [3.05, 3.63) is 0 Å². The molecule has 0 bridgehead atoms. The fourth-order valence-corrected chi connectivity index (χ4v) is 1.60. The quantitative estimate of drug-likeness (QED) is 0.512. The van der Waals surface area contributed by atoms with E-state index in [0.29, 0.717) is 0 Å². The van der Waals surface area contributed by atoms with Crippen LogP contribution in [-0.4, -0.2) is 38.2 Å². The van der Waals surface area contributed by atoms with Crippen molar-refractivity contribution in [1.29, 1.82) is 0 Å². The van der Waals surface area contributed by atoms with Gasteiger partial charge in [0.25, 0.3) is 0 Å². The number of nitrogens with zero attached hydrogens (tertiary/aromatic N) is 1. The van der Waals surface area contributed by atoms with Gasteiger partial charge in [-0.3, -0.25) is 0 Å². The van der Waals surface area contributed by atoms with E-state index in [2.05, 4.69) is 41.8 Å². The summed E-state index contributed by atoms with van der Waals surface area (Å²) in [6.07, 6.45) is 6.63. The highest BCUT2D eigenvalue weighted by Crippen LogP contribution is 2.05. The van der Waals surface area contributed by atoms with Gasteiger partial charge in [-0.05, 0) is 25.3 Å². The largest absolute Gasteiger partial charge is 0.330 e. The van der Waals surface area contributed by atoms with Crippen LogP contribution in [0.2, 0.25) is 0 Å². The molecule has 0 heterocycles. The second-order valence-electron chi connectivity index (χ2n) is 6.32. The Morgan fingerprint density at radius 2 is 1.35 bits per heavy atom. The van der Waals surface area contributed by atoms with E-state index in [1.165, 1.54) is 38.8 Å². The van der Waals surface area contributed by atoms with Gasteiger partial charge in [-0.2, -0.15) is 0 Å². The Morgan fingerprint density at radius 1 is 0.882 bits per heavy atom. The molecule has 0 aliphatic carbocycles. The Hall–Kier alpha value is -0.0800. The van der Waals surface area contributed by atoms with E-state index in [4.69, 9.17) is 5.73 Å². The van der Waals surface area contributed by atoms with E-state index in [0.717, 1.165) is 23.4 Å². The Labute approximate surface area is 110 Å². The van der Waals surface area contributed by atoms with Crippen LogP contribution in [0.3, 0.4) is 0 Å². The summed E-state index contributed by atoms with van der Waals surface area (Å²) in [5.74, 6) is 0.833. The molecule has 0 rings (SSSR count). The molecule has 106 valence electrons. The third-order valence-electron chi connectivity index (χ3n) is 2.58. The molecule has 0 amide bonds. The van der Waals surface area contributed by atoms with Gasteiger partial charge in [0.2, 0.25) is 0 Å². The first kappa shape index (κ1) is 19.3. The summed E-state index contributed by atoms with van der Waals surface area (Å²) in [4.78, 5) is 0. The van der Waals surface area contributed by atoms with E-state index in [1.54, 1.807) is 0 Å². The summed E-state index contributed by atoms with van der Waals surface area (Å²) < 4.78 is 1.14. The molecule has 0 spiro atoms. The van der Waals surface area contributed by atoms with Crippen LogP contribution in [0.25, 0.3) is 0 Å². The molecule has 0 aromatic heterocycles. The molecule has 0 fully saturated rings. The van der Waals surface area contributed by atoms with Crippen molar-refractivity contribution in [2.45, 2.75) is 59.8 Å². The number of hydrogen-bond donors (Lipinski definition) is 1. The maximum Gasteiger partial charge on any atom is 0.0794 e. The third kappa shape index (κ3) is 21.7. The zero-order chi connectivity index (χ0) is 13.7. The molecular weight excluding hydrogens is 208 g/mol. The van der Waals surface area contributed by atoms with Gasteiger partial charge in [0.15, 0.2) is 0 Å². The smallest absolute Gasteiger partial charge is 0.0794 e. The lowest BCUT2D eigenvalue weighted by atomic mass is 10.2. The van der Waals surface area contributed by atoms with Crippen LogP contribution < -0.4 is 5.73 Å². The van der Waals surface area contributed by atoms with Crippen LogP contribution in [-0.2, 0) is 0 Å². The molecule has 0 saturated carbocycles.